The molecule has 0 bridgehead atoms. The maximum atomic E-state index is 15.4. The lowest BCUT2D eigenvalue weighted by Gasteiger charge is -2.52. The van der Waals surface area contributed by atoms with E-state index in [1.165, 1.54) is 0 Å². The van der Waals surface area contributed by atoms with Crippen molar-refractivity contribution in [3.8, 4) is 0 Å². The highest BCUT2D eigenvalue weighted by Crippen LogP contribution is 2.72. The van der Waals surface area contributed by atoms with Crippen molar-refractivity contribution >= 4 is 27.9 Å². The molecule has 36 heteroatoms. The molecule has 2 rings (SSSR count). The van der Waals surface area contributed by atoms with Crippen LogP contribution in [-0.2, 0) is 33.7 Å². The Kier molecular flexibility index (Phi) is 14.1. The monoisotopic (exact) mass is 973 g/mol. The van der Waals surface area contributed by atoms with Crippen molar-refractivity contribution in [2.75, 3.05) is 39.4 Å². The second-order valence-corrected chi connectivity index (χ2v) is 17.4. The summed E-state index contributed by atoms with van der Waals surface area (Å²) in [7, 11) is -21.8. The van der Waals surface area contributed by atoms with Crippen molar-refractivity contribution in [3.63, 3.8) is 0 Å². The van der Waals surface area contributed by atoms with Crippen LogP contribution in [0.15, 0.2) is 0 Å². The van der Waals surface area contributed by atoms with E-state index in [-0.39, 0.29) is 6.15 Å². The highest BCUT2D eigenvalue weighted by Gasteiger charge is 3.06. The topological polar surface area (TPSA) is 166 Å². The molecule has 58 heavy (non-hydrogen) atoms. The molecule has 0 aromatic carbocycles. The Labute approximate surface area is 310 Å². The minimum atomic E-state index is -7.92. The van der Waals surface area contributed by atoms with E-state index >= 15 is 8.78 Å². The molecule has 2 fully saturated rings. The molecule has 0 spiro atoms. The fraction of sp³-hybridized carbons (Fsp3) is 1.00. The van der Waals surface area contributed by atoms with Crippen molar-refractivity contribution in [1.82, 2.24) is 14.8 Å². The Morgan fingerprint density at radius 3 is 0.810 bits per heavy atom. The third-order valence-electron chi connectivity index (χ3n) is 8.30. The molecule has 0 aliphatic heterocycles. The largest absolute Gasteiger partial charge is 0.472 e. The molecule has 0 heterocycles. The molecular weight excluding hydrogens is 947 g/mol. The van der Waals surface area contributed by atoms with Crippen LogP contribution in [-0.4, -0.2) is 139 Å². The van der Waals surface area contributed by atoms with Crippen LogP contribution in [0.1, 0.15) is 26.7 Å². The number of hydrogen-bond donors (Lipinski definition) is 2. The van der Waals surface area contributed by atoms with Gasteiger partial charge in [0.1, 0.15) is 0 Å². The standard InChI is InChI=1S/C22H23F22N2O8PS2.H3N/c1-3-5-45(56(49,50)21(43)17(35,36)13(27,28)11(23,24)14(29,30)18(21,37)38)7-9-53-55(47,48)54-10-8-46(6-4-2)57(51,52)22(44)19(39,40)15(31,32)12(25,26)16(33,34)20(22,41)42;/h3-10H2,1-2H3,(H,47,48);1H3. The average molecular weight is 974 g/mol. The summed E-state index contributed by atoms with van der Waals surface area (Å²) < 4.78 is 380. The lowest BCUT2D eigenvalue weighted by Crippen LogP contribution is -2.86. The van der Waals surface area contributed by atoms with Gasteiger partial charge in [-0.05, 0) is 12.8 Å². The molecule has 0 amide bonds. The molecule has 2 saturated carbocycles. The van der Waals surface area contributed by atoms with E-state index in [0.717, 1.165) is 13.8 Å². The average Bonchev–Trinajstić information content (AvgIpc) is 3.04. The van der Waals surface area contributed by atoms with Crippen LogP contribution in [0, 0.1) is 0 Å². The van der Waals surface area contributed by atoms with E-state index in [1.54, 1.807) is 0 Å². The van der Waals surface area contributed by atoms with E-state index < -0.39 is 158 Å². The number of phosphoric acid groups is 1. The maximum Gasteiger partial charge on any atom is 0.472 e. The molecule has 2 aliphatic carbocycles. The van der Waals surface area contributed by atoms with Crippen molar-refractivity contribution in [1.29, 1.82) is 0 Å². The SMILES string of the molecule is CCCN(CCOP(=O)(O)OCCN(CCC)S(=O)(=O)C1(F)C(F)(F)C(F)(F)C(F)(F)C(F)(F)C1(F)F)S(=O)(=O)C1(F)C(F)(F)C(F)(F)C(F)(F)C(F)(F)C1(F)F.N. The summed E-state index contributed by atoms with van der Waals surface area (Å²) in [6.45, 7) is -10.2. The van der Waals surface area contributed by atoms with Crippen LogP contribution in [0.5, 0.6) is 0 Å². The van der Waals surface area contributed by atoms with Crippen molar-refractivity contribution in [2.24, 2.45) is 0 Å². The molecule has 2 aliphatic rings. The van der Waals surface area contributed by atoms with Gasteiger partial charge in [-0.3, -0.25) is 9.05 Å². The molecule has 0 unspecified atom stereocenters. The summed E-state index contributed by atoms with van der Waals surface area (Å²) in [5.74, 6) is -78.9. The lowest BCUT2D eigenvalue weighted by atomic mass is 9.80. The zero-order valence-electron chi connectivity index (χ0n) is 28.1. The van der Waals surface area contributed by atoms with Gasteiger partial charge in [0.15, 0.2) is 0 Å². The van der Waals surface area contributed by atoms with Gasteiger partial charge in [0.2, 0.25) is 0 Å². The van der Waals surface area contributed by atoms with E-state index in [4.69, 9.17) is 0 Å². The number of rotatable bonds is 16. The fourth-order valence-electron chi connectivity index (χ4n) is 5.15. The van der Waals surface area contributed by atoms with Crippen LogP contribution in [0.2, 0.25) is 0 Å². The molecule has 11 nitrogen and oxygen atoms in total. The number of alkyl halides is 22. The fourth-order valence-corrected chi connectivity index (χ4v) is 9.84. The Hall–Kier alpha value is -1.65. The second kappa shape index (κ2) is 15.0. The first-order valence-corrected chi connectivity index (χ1v) is 19.0. The highest BCUT2D eigenvalue weighted by molar-refractivity contribution is 7.90. The minimum Gasteiger partial charge on any atom is -0.344 e. The predicted octanol–water partition coefficient (Wildman–Crippen LogP) is 7.08. The lowest BCUT2D eigenvalue weighted by molar-refractivity contribution is -0.470. The number of phosphoric ester groups is 1. The summed E-state index contributed by atoms with van der Waals surface area (Å²) in [6.07, 6.45) is -1.82. The zero-order chi connectivity index (χ0) is 45.7. The molecule has 4 N–H and O–H groups in total. The third kappa shape index (κ3) is 6.33. The summed E-state index contributed by atoms with van der Waals surface area (Å²) in [5.41, 5.74) is 0. The van der Waals surface area contributed by atoms with Crippen molar-refractivity contribution in [3.05, 3.63) is 0 Å². The van der Waals surface area contributed by atoms with Crippen molar-refractivity contribution in [2.45, 2.75) is 95.9 Å². The van der Waals surface area contributed by atoms with Crippen LogP contribution in [0.4, 0.5) is 96.6 Å². The molecular formula is C22H26F22N3O8PS2. The summed E-state index contributed by atoms with van der Waals surface area (Å²) in [4.78, 5) is 9.71. The predicted molar refractivity (Wildman–Crippen MR) is 145 cm³/mol. The van der Waals surface area contributed by atoms with Crippen LogP contribution in [0.3, 0.4) is 0 Å². The first-order chi connectivity index (χ1) is 24.8. The van der Waals surface area contributed by atoms with Gasteiger partial charge in [0, 0.05) is 26.2 Å². The first kappa shape index (κ1) is 54.4. The van der Waals surface area contributed by atoms with Gasteiger partial charge in [0.25, 0.3) is 20.0 Å². The number of nitrogens with zero attached hydrogens (tertiary/aromatic N) is 2. The molecule has 0 saturated heterocycles. The second-order valence-electron chi connectivity index (χ2n) is 11.9. The highest BCUT2D eigenvalue weighted by atomic mass is 32.2. The Morgan fingerprint density at radius 1 is 0.431 bits per heavy atom. The van der Waals surface area contributed by atoms with Gasteiger partial charge in [-0.2, -0.15) is 96.4 Å². The Morgan fingerprint density at radius 2 is 0.621 bits per heavy atom. The van der Waals surface area contributed by atoms with Crippen LogP contribution >= 0.6 is 7.82 Å². The summed E-state index contributed by atoms with van der Waals surface area (Å²) in [6, 6.07) is 0. The number of halogens is 22. The third-order valence-corrected chi connectivity index (χ3v) is 13.9. The minimum absolute atomic E-state index is 0. The normalized spacial score (nSPS) is 26.8. The van der Waals surface area contributed by atoms with E-state index in [2.05, 4.69) is 9.05 Å². The van der Waals surface area contributed by atoms with E-state index in [9.17, 15) is 114 Å². The molecule has 348 valence electrons. The number of sulfonamides is 2. The zero-order valence-corrected chi connectivity index (χ0v) is 30.7. The van der Waals surface area contributed by atoms with Gasteiger partial charge in [0.05, 0.1) is 13.2 Å². The van der Waals surface area contributed by atoms with Gasteiger partial charge < -0.3 is 11.0 Å². The first-order valence-electron chi connectivity index (χ1n) is 14.6. The molecule has 0 atom stereocenters. The Balaban J connectivity index is 0.0000168. The van der Waals surface area contributed by atoms with Crippen LogP contribution < -0.4 is 6.15 Å². The van der Waals surface area contributed by atoms with Crippen molar-refractivity contribution < 1.29 is 132 Å². The smallest absolute Gasteiger partial charge is 0.344 e. The molecule has 0 radical (unpaired) electrons. The van der Waals surface area contributed by atoms with Gasteiger partial charge in [-0.15, -0.1) is 0 Å². The quantitative estimate of drug-likeness (QED) is 0.122. The summed E-state index contributed by atoms with van der Waals surface area (Å²) in [5, 5.41) is -15.3. The van der Waals surface area contributed by atoms with E-state index in [1.807, 2.05) is 0 Å². The maximum absolute atomic E-state index is 15.4. The van der Waals surface area contributed by atoms with Gasteiger partial charge in [-0.25, -0.2) is 30.2 Å². The summed E-state index contributed by atoms with van der Waals surface area (Å²) >= 11 is 0. The number of hydrogen-bond acceptors (Lipinski definition) is 8. The van der Waals surface area contributed by atoms with Crippen LogP contribution in [0.25, 0.3) is 0 Å². The van der Waals surface area contributed by atoms with Gasteiger partial charge in [-0.1, -0.05) is 13.8 Å². The van der Waals surface area contributed by atoms with Gasteiger partial charge >= 0.3 is 77.0 Å². The molecule has 0 aromatic rings. The Bertz CT molecular complexity index is 1620. The molecule has 0 aromatic heterocycles. The van der Waals surface area contributed by atoms with E-state index in [0.29, 0.717) is 0 Å².